The van der Waals surface area contributed by atoms with Crippen LogP contribution in [0.3, 0.4) is 0 Å². The number of nitrogens with one attached hydrogen (secondary N) is 1. The highest BCUT2D eigenvalue weighted by Gasteiger charge is 2.49. The number of furan rings is 1. The number of amides is 3. The van der Waals surface area contributed by atoms with Crippen molar-refractivity contribution >= 4 is 17.9 Å². The van der Waals surface area contributed by atoms with Crippen molar-refractivity contribution in [2.24, 2.45) is 0 Å². The van der Waals surface area contributed by atoms with E-state index in [1.54, 1.807) is 45.2 Å². The van der Waals surface area contributed by atoms with Gasteiger partial charge in [0.05, 0.1) is 20.8 Å². The summed E-state index contributed by atoms with van der Waals surface area (Å²) in [5.74, 6) is 0.378. The number of carbonyl (C=O) groups excluding carboxylic acids is 3. The van der Waals surface area contributed by atoms with Crippen LogP contribution in [0.4, 0.5) is 4.79 Å². The second kappa shape index (κ2) is 6.79. The molecule has 0 unspecified atom stereocenters. The van der Waals surface area contributed by atoms with E-state index in [0.29, 0.717) is 22.8 Å². The van der Waals surface area contributed by atoms with Gasteiger partial charge in [0.1, 0.15) is 28.4 Å². The third-order valence-corrected chi connectivity index (χ3v) is 4.63. The number of carbonyl (C=O) groups is 3. The first-order valence-electron chi connectivity index (χ1n) is 8.26. The summed E-state index contributed by atoms with van der Waals surface area (Å²) in [4.78, 5) is 38.1. The molecule has 0 bridgehead atoms. The first-order valence-corrected chi connectivity index (χ1v) is 8.26. The van der Waals surface area contributed by atoms with Crippen molar-refractivity contribution in [2.75, 3.05) is 14.2 Å². The van der Waals surface area contributed by atoms with Crippen molar-refractivity contribution in [3.05, 3.63) is 53.0 Å². The van der Waals surface area contributed by atoms with Crippen LogP contribution < -0.4 is 10.1 Å². The summed E-state index contributed by atoms with van der Waals surface area (Å²) in [5, 5.41) is 2.72. The Balaban J connectivity index is 1.84. The summed E-state index contributed by atoms with van der Waals surface area (Å²) >= 11 is 0. The minimum Gasteiger partial charge on any atom is -0.497 e. The van der Waals surface area contributed by atoms with Gasteiger partial charge >= 0.3 is 12.0 Å². The maximum atomic E-state index is 13.0. The molecule has 1 fully saturated rings. The lowest BCUT2D eigenvalue weighted by molar-refractivity contribution is -0.131. The van der Waals surface area contributed by atoms with Crippen LogP contribution >= 0.6 is 0 Å². The van der Waals surface area contributed by atoms with Gasteiger partial charge in [-0.1, -0.05) is 12.1 Å². The van der Waals surface area contributed by atoms with Gasteiger partial charge < -0.3 is 19.2 Å². The fourth-order valence-corrected chi connectivity index (χ4v) is 3.05. The van der Waals surface area contributed by atoms with Gasteiger partial charge in [0, 0.05) is 0 Å². The first-order chi connectivity index (χ1) is 12.8. The van der Waals surface area contributed by atoms with Crippen LogP contribution in [0, 0.1) is 6.92 Å². The molecule has 3 rings (SSSR count). The number of hydrogen-bond donors (Lipinski definition) is 1. The van der Waals surface area contributed by atoms with Crippen molar-refractivity contribution in [3.63, 3.8) is 0 Å². The predicted octanol–water partition coefficient (Wildman–Crippen LogP) is 2.35. The van der Waals surface area contributed by atoms with Crippen LogP contribution in [0.2, 0.25) is 0 Å². The summed E-state index contributed by atoms with van der Waals surface area (Å²) in [5.41, 5.74) is -0.302. The Kier molecular flexibility index (Phi) is 4.65. The van der Waals surface area contributed by atoms with Crippen LogP contribution in [-0.4, -0.2) is 37.0 Å². The van der Waals surface area contributed by atoms with Gasteiger partial charge in [0.2, 0.25) is 0 Å². The average Bonchev–Trinajstić information content (AvgIpc) is 3.14. The summed E-state index contributed by atoms with van der Waals surface area (Å²) in [7, 11) is 2.82. The molecule has 1 saturated heterocycles. The molecule has 2 aromatic rings. The van der Waals surface area contributed by atoms with Crippen LogP contribution in [0.15, 0.2) is 34.7 Å². The third kappa shape index (κ3) is 3.14. The van der Waals surface area contributed by atoms with E-state index < -0.39 is 23.4 Å². The number of urea groups is 1. The molecule has 0 spiro atoms. The molecule has 1 N–H and O–H groups in total. The number of aryl methyl sites for hydroxylation is 1. The number of imide groups is 1. The summed E-state index contributed by atoms with van der Waals surface area (Å²) < 4.78 is 15.3. The number of hydrogen-bond acceptors (Lipinski definition) is 6. The standard InChI is InChI=1S/C19H20N2O6/c1-11-15(16(22)26-4)9-14(27-11)10-21-17(23)19(2,20-18(21)24)12-5-7-13(25-3)8-6-12/h5-9H,10H2,1-4H3,(H,20,24)/t19-/m1/s1. The molecule has 142 valence electrons. The van der Waals surface area contributed by atoms with Crippen molar-refractivity contribution in [1.29, 1.82) is 0 Å². The quantitative estimate of drug-likeness (QED) is 0.639. The second-order valence-corrected chi connectivity index (χ2v) is 6.35. The minimum absolute atomic E-state index is 0.0890. The van der Waals surface area contributed by atoms with Crippen LogP contribution in [0.1, 0.15) is 34.4 Å². The number of rotatable bonds is 5. The van der Waals surface area contributed by atoms with Gasteiger partial charge in [0.25, 0.3) is 5.91 Å². The molecule has 0 aliphatic carbocycles. The average molecular weight is 372 g/mol. The fraction of sp³-hybridized carbons (Fsp3) is 0.316. The number of esters is 1. The van der Waals surface area contributed by atoms with Crippen molar-refractivity contribution < 1.29 is 28.3 Å². The van der Waals surface area contributed by atoms with E-state index in [4.69, 9.17) is 9.15 Å². The van der Waals surface area contributed by atoms with E-state index in [1.165, 1.54) is 13.2 Å². The topological polar surface area (TPSA) is 98.1 Å². The van der Waals surface area contributed by atoms with Gasteiger partial charge in [-0.25, -0.2) is 9.59 Å². The van der Waals surface area contributed by atoms with Crippen LogP contribution in [0.5, 0.6) is 5.75 Å². The van der Waals surface area contributed by atoms with Gasteiger partial charge in [0.15, 0.2) is 0 Å². The van der Waals surface area contributed by atoms with Crippen molar-refractivity contribution in [2.45, 2.75) is 25.9 Å². The highest BCUT2D eigenvalue weighted by atomic mass is 16.5. The zero-order chi connectivity index (χ0) is 19.8. The molecule has 1 aliphatic rings. The Morgan fingerprint density at radius 1 is 1.22 bits per heavy atom. The normalized spacial score (nSPS) is 19.2. The Bertz CT molecular complexity index is 901. The molecule has 3 amide bonds. The molecular weight excluding hydrogens is 352 g/mol. The van der Waals surface area contributed by atoms with Crippen LogP contribution in [0.25, 0.3) is 0 Å². The molecule has 1 atom stereocenters. The maximum Gasteiger partial charge on any atom is 0.341 e. The molecule has 1 aliphatic heterocycles. The lowest BCUT2D eigenvalue weighted by atomic mass is 9.92. The smallest absolute Gasteiger partial charge is 0.341 e. The maximum absolute atomic E-state index is 13.0. The van der Waals surface area contributed by atoms with Gasteiger partial charge in [-0.05, 0) is 37.6 Å². The molecule has 27 heavy (non-hydrogen) atoms. The predicted molar refractivity (Wildman–Crippen MR) is 94.2 cm³/mol. The zero-order valence-electron chi connectivity index (χ0n) is 15.5. The second-order valence-electron chi connectivity index (χ2n) is 6.35. The third-order valence-electron chi connectivity index (χ3n) is 4.63. The molecule has 2 heterocycles. The summed E-state index contributed by atoms with van der Waals surface area (Å²) in [6.45, 7) is 3.17. The van der Waals surface area contributed by atoms with Crippen molar-refractivity contribution in [1.82, 2.24) is 10.2 Å². The van der Waals surface area contributed by atoms with Crippen molar-refractivity contribution in [3.8, 4) is 5.75 Å². The highest BCUT2D eigenvalue weighted by Crippen LogP contribution is 2.31. The molecule has 1 aromatic heterocycles. The molecule has 8 heteroatoms. The number of ether oxygens (including phenoxy) is 2. The van der Waals surface area contributed by atoms with Gasteiger partial charge in [-0.2, -0.15) is 0 Å². The Hall–Kier alpha value is -3.29. The van der Waals surface area contributed by atoms with E-state index in [-0.39, 0.29) is 12.1 Å². The molecule has 0 radical (unpaired) electrons. The molecule has 8 nitrogen and oxygen atoms in total. The van der Waals surface area contributed by atoms with E-state index in [0.717, 1.165) is 4.90 Å². The summed E-state index contributed by atoms with van der Waals surface area (Å²) in [6.07, 6.45) is 0. The Morgan fingerprint density at radius 2 is 1.89 bits per heavy atom. The first kappa shape index (κ1) is 18.5. The number of benzene rings is 1. The highest BCUT2D eigenvalue weighted by molar-refractivity contribution is 6.07. The Labute approximate surface area is 156 Å². The van der Waals surface area contributed by atoms with E-state index in [9.17, 15) is 14.4 Å². The van der Waals surface area contributed by atoms with Crippen LogP contribution in [-0.2, 0) is 21.6 Å². The summed E-state index contributed by atoms with van der Waals surface area (Å²) in [6, 6.07) is 7.85. The van der Waals surface area contributed by atoms with E-state index in [1.807, 2.05) is 0 Å². The lowest BCUT2D eigenvalue weighted by Crippen LogP contribution is -2.40. The van der Waals surface area contributed by atoms with E-state index >= 15 is 0 Å². The lowest BCUT2D eigenvalue weighted by Gasteiger charge is -2.22. The fourth-order valence-electron chi connectivity index (χ4n) is 3.05. The number of nitrogens with zero attached hydrogens (tertiary/aromatic N) is 1. The Morgan fingerprint density at radius 3 is 2.48 bits per heavy atom. The monoisotopic (exact) mass is 372 g/mol. The van der Waals surface area contributed by atoms with E-state index in [2.05, 4.69) is 10.1 Å². The molecular formula is C19H20N2O6. The number of methoxy groups -OCH3 is 2. The SMILES string of the molecule is COC(=O)c1cc(CN2C(=O)N[C@](C)(c3ccc(OC)cc3)C2=O)oc1C. The zero-order valence-corrected chi connectivity index (χ0v) is 15.5. The molecule has 1 aromatic carbocycles. The molecule has 0 saturated carbocycles. The largest absolute Gasteiger partial charge is 0.497 e. The minimum atomic E-state index is -1.20. The van der Waals surface area contributed by atoms with Gasteiger partial charge in [-0.15, -0.1) is 0 Å². The van der Waals surface area contributed by atoms with Gasteiger partial charge in [-0.3, -0.25) is 9.69 Å².